The van der Waals surface area contributed by atoms with Crippen LogP contribution in [0.15, 0.2) is 12.2 Å². The van der Waals surface area contributed by atoms with E-state index >= 15 is 0 Å². The minimum Gasteiger partial charge on any atom is -0.299 e. The van der Waals surface area contributed by atoms with Crippen molar-refractivity contribution in [3.8, 4) is 0 Å². The van der Waals surface area contributed by atoms with Crippen LogP contribution in [0.1, 0.15) is 33.1 Å². The molecule has 0 heterocycles. The van der Waals surface area contributed by atoms with Gasteiger partial charge in [-0.2, -0.15) is 0 Å². The molecular formula is C11H16O. The maximum absolute atomic E-state index is 11.5. The van der Waals surface area contributed by atoms with Crippen LogP contribution >= 0.6 is 0 Å². The Labute approximate surface area is 73.8 Å². The molecule has 1 fully saturated rings. The second-order valence-electron chi connectivity index (χ2n) is 4.51. The van der Waals surface area contributed by atoms with Crippen LogP contribution in [0.4, 0.5) is 0 Å². The normalized spacial score (nSPS) is 44.8. The molecule has 3 atom stereocenters. The van der Waals surface area contributed by atoms with E-state index in [0.29, 0.717) is 17.6 Å². The minimum absolute atomic E-state index is 0.0301. The third-order valence-corrected chi connectivity index (χ3v) is 3.77. The Balaban J connectivity index is 2.31. The van der Waals surface area contributed by atoms with Gasteiger partial charge >= 0.3 is 0 Å². The van der Waals surface area contributed by atoms with Gasteiger partial charge in [0.05, 0.1) is 0 Å². The SMILES string of the molecule is CC(=O)[C@]1(C)C[C@H]2C=C[C@@H]1CC2. The second kappa shape index (κ2) is 2.45. The Bertz CT molecular complexity index is 241. The highest BCUT2D eigenvalue weighted by Gasteiger charge is 2.44. The number of hydrogen-bond acceptors (Lipinski definition) is 1. The number of allylic oxidation sites excluding steroid dienone is 2. The van der Waals surface area contributed by atoms with Gasteiger partial charge in [-0.15, -0.1) is 0 Å². The molecule has 0 aromatic rings. The molecule has 2 bridgehead atoms. The Morgan fingerprint density at radius 1 is 1.42 bits per heavy atom. The highest BCUT2D eigenvalue weighted by molar-refractivity contribution is 5.83. The molecule has 0 saturated heterocycles. The van der Waals surface area contributed by atoms with Gasteiger partial charge in [0.1, 0.15) is 5.78 Å². The largest absolute Gasteiger partial charge is 0.299 e. The van der Waals surface area contributed by atoms with Crippen molar-refractivity contribution in [2.45, 2.75) is 33.1 Å². The quantitative estimate of drug-likeness (QED) is 0.544. The number of carbonyl (C=O) groups excluding carboxylic acids is 1. The first-order valence-electron chi connectivity index (χ1n) is 4.82. The van der Waals surface area contributed by atoms with E-state index in [1.807, 2.05) is 0 Å². The van der Waals surface area contributed by atoms with Gasteiger partial charge in [-0.1, -0.05) is 19.1 Å². The van der Waals surface area contributed by atoms with Crippen molar-refractivity contribution in [3.05, 3.63) is 12.2 Å². The first-order chi connectivity index (χ1) is 5.63. The molecule has 0 spiro atoms. The van der Waals surface area contributed by atoms with Crippen LogP contribution in [-0.4, -0.2) is 5.78 Å². The fraction of sp³-hybridized carbons (Fsp3) is 0.727. The van der Waals surface area contributed by atoms with E-state index in [1.54, 1.807) is 6.92 Å². The van der Waals surface area contributed by atoms with Crippen molar-refractivity contribution >= 4 is 5.78 Å². The first kappa shape index (κ1) is 8.03. The molecule has 3 rings (SSSR count). The van der Waals surface area contributed by atoms with Gasteiger partial charge in [0.15, 0.2) is 0 Å². The zero-order valence-electron chi connectivity index (χ0n) is 7.84. The van der Waals surface area contributed by atoms with Crippen LogP contribution in [-0.2, 0) is 4.79 Å². The number of hydrogen-bond donors (Lipinski definition) is 0. The van der Waals surface area contributed by atoms with Gasteiger partial charge in [-0.25, -0.2) is 0 Å². The molecule has 1 nitrogen and oxygen atoms in total. The van der Waals surface area contributed by atoms with Gasteiger partial charge < -0.3 is 0 Å². The fourth-order valence-electron chi connectivity index (χ4n) is 2.68. The topological polar surface area (TPSA) is 17.1 Å². The summed E-state index contributed by atoms with van der Waals surface area (Å²) in [6.45, 7) is 3.88. The second-order valence-corrected chi connectivity index (χ2v) is 4.51. The third kappa shape index (κ3) is 0.954. The molecule has 0 N–H and O–H groups in total. The van der Waals surface area contributed by atoms with Crippen LogP contribution in [0.5, 0.6) is 0 Å². The standard InChI is InChI=1S/C11H16O/c1-8(12)11(2)7-9-3-5-10(11)6-4-9/h3,5,9-10H,4,6-7H2,1-2H3/t9-,10+,11-/m0/s1. The van der Waals surface area contributed by atoms with Crippen molar-refractivity contribution in [3.63, 3.8) is 0 Å². The maximum Gasteiger partial charge on any atom is 0.136 e. The smallest absolute Gasteiger partial charge is 0.136 e. The van der Waals surface area contributed by atoms with Crippen LogP contribution < -0.4 is 0 Å². The number of rotatable bonds is 1. The van der Waals surface area contributed by atoms with E-state index < -0.39 is 0 Å². The summed E-state index contributed by atoms with van der Waals surface area (Å²) in [7, 11) is 0. The maximum atomic E-state index is 11.5. The van der Waals surface area contributed by atoms with Crippen molar-refractivity contribution in [1.82, 2.24) is 0 Å². The molecule has 1 saturated carbocycles. The van der Waals surface area contributed by atoms with E-state index in [4.69, 9.17) is 0 Å². The average molecular weight is 164 g/mol. The molecule has 3 aliphatic rings. The summed E-state index contributed by atoms with van der Waals surface area (Å²) < 4.78 is 0. The zero-order chi connectivity index (χ0) is 8.77. The summed E-state index contributed by atoms with van der Waals surface area (Å²) in [6.07, 6.45) is 8.17. The molecule has 3 aliphatic carbocycles. The molecule has 0 amide bonds. The van der Waals surface area contributed by atoms with E-state index in [1.165, 1.54) is 12.8 Å². The van der Waals surface area contributed by atoms with Gasteiger partial charge in [-0.3, -0.25) is 4.79 Å². The minimum atomic E-state index is -0.0301. The summed E-state index contributed by atoms with van der Waals surface area (Å²) in [4.78, 5) is 11.5. The lowest BCUT2D eigenvalue weighted by atomic mass is 9.59. The summed E-state index contributed by atoms with van der Waals surface area (Å²) in [5.41, 5.74) is -0.0301. The molecular weight excluding hydrogens is 148 g/mol. The molecule has 1 heteroatoms. The van der Waals surface area contributed by atoms with Crippen LogP contribution in [0.3, 0.4) is 0 Å². The Morgan fingerprint density at radius 3 is 2.42 bits per heavy atom. The lowest BCUT2D eigenvalue weighted by Crippen LogP contribution is -2.41. The van der Waals surface area contributed by atoms with Gasteiger partial charge in [0, 0.05) is 5.41 Å². The van der Waals surface area contributed by atoms with Gasteiger partial charge in [-0.05, 0) is 38.0 Å². The predicted octanol–water partition coefficient (Wildman–Crippen LogP) is 2.57. The summed E-state index contributed by atoms with van der Waals surface area (Å²) in [6, 6.07) is 0. The first-order valence-corrected chi connectivity index (χ1v) is 4.82. The Morgan fingerprint density at radius 2 is 2.17 bits per heavy atom. The molecule has 66 valence electrons. The molecule has 0 aromatic carbocycles. The number of carbonyl (C=O) groups is 1. The average Bonchev–Trinajstić information content (AvgIpc) is 2.05. The highest BCUT2D eigenvalue weighted by Crippen LogP contribution is 2.49. The van der Waals surface area contributed by atoms with Crippen molar-refractivity contribution in [2.75, 3.05) is 0 Å². The summed E-state index contributed by atoms with van der Waals surface area (Å²) in [5, 5.41) is 0. The molecule has 0 aliphatic heterocycles. The van der Waals surface area contributed by atoms with Crippen molar-refractivity contribution < 1.29 is 4.79 Å². The Hall–Kier alpha value is -0.590. The molecule has 0 unspecified atom stereocenters. The summed E-state index contributed by atoms with van der Waals surface area (Å²) >= 11 is 0. The van der Waals surface area contributed by atoms with Crippen LogP contribution in [0, 0.1) is 17.3 Å². The monoisotopic (exact) mass is 164 g/mol. The molecule has 12 heavy (non-hydrogen) atoms. The predicted molar refractivity (Wildman–Crippen MR) is 48.8 cm³/mol. The van der Waals surface area contributed by atoms with Gasteiger partial charge in [0.2, 0.25) is 0 Å². The lowest BCUT2D eigenvalue weighted by molar-refractivity contribution is -0.130. The van der Waals surface area contributed by atoms with Gasteiger partial charge in [0.25, 0.3) is 0 Å². The number of fused-ring (bicyclic) bond motifs is 2. The number of Topliss-reactive ketones (excluding diaryl/α,β-unsaturated/α-hetero) is 1. The fourth-order valence-corrected chi connectivity index (χ4v) is 2.68. The third-order valence-electron chi connectivity index (χ3n) is 3.77. The van der Waals surface area contributed by atoms with E-state index in [2.05, 4.69) is 19.1 Å². The Kier molecular flexibility index (Phi) is 1.64. The van der Waals surface area contributed by atoms with E-state index in [-0.39, 0.29) is 5.41 Å². The van der Waals surface area contributed by atoms with Crippen LogP contribution in [0.2, 0.25) is 0 Å². The van der Waals surface area contributed by atoms with Crippen LogP contribution in [0.25, 0.3) is 0 Å². The molecule has 0 radical (unpaired) electrons. The van der Waals surface area contributed by atoms with E-state index in [0.717, 1.165) is 6.42 Å². The lowest BCUT2D eigenvalue weighted by Gasteiger charge is -2.44. The summed E-state index contributed by atoms with van der Waals surface area (Å²) in [5.74, 6) is 1.59. The number of ketones is 1. The highest BCUT2D eigenvalue weighted by atomic mass is 16.1. The van der Waals surface area contributed by atoms with Crippen molar-refractivity contribution in [1.29, 1.82) is 0 Å². The van der Waals surface area contributed by atoms with E-state index in [9.17, 15) is 4.79 Å². The molecule has 0 aromatic heterocycles. The van der Waals surface area contributed by atoms with Crippen molar-refractivity contribution in [2.24, 2.45) is 17.3 Å². The zero-order valence-corrected chi connectivity index (χ0v) is 7.84.